The third-order valence-corrected chi connectivity index (χ3v) is 2.07. The van der Waals surface area contributed by atoms with Crippen LogP contribution in [0.5, 0.6) is 0 Å². The summed E-state index contributed by atoms with van der Waals surface area (Å²) in [6.07, 6.45) is 1.41. The minimum Gasteiger partial charge on any atom is -0.265 e. The molecule has 0 aliphatic rings. The Kier molecular flexibility index (Phi) is 4.59. The van der Waals surface area contributed by atoms with Gasteiger partial charge in [0, 0.05) is 9.40 Å². The SMILES string of the molecule is O=C(C[N+](=O)[O-])N/N=C/c1ccc(Br)cc1. The van der Waals surface area contributed by atoms with Crippen molar-refractivity contribution in [3.63, 3.8) is 0 Å². The van der Waals surface area contributed by atoms with Crippen molar-refractivity contribution >= 4 is 28.1 Å². The molecule has 0 aliphatic carbocycles. The highest BCUT2D eigenvalue weighted by Crippen LogP contribution is 2.08. The Balaban J connectivity index is 2.45. The number of nitrogens with zero attached hydrogens (tertiary/aromatic N) is 2. The number of halogens is 1. The van der Waals surface area contributed by atoms with E-state index < -0.39 is 17.4 Å². The summed E-state index contributed by atoms with van der Waals surface area (Å²) in [4.78, 5) is 20.1. The first-order chi connectivity index (χ1) is 7.58. The van der Waals surface area contributed by atoms with Gasteiger partial charge in [-0.05, 0) is 17.7 Å². The van der Waals surface area contributed by atoms with E-state index in [-0.39, 0.29) is 0 Å². The monoisotopic (exact) mass is 285 g/mol. The molecule has 1 aromatic carbocycles. The Bertz CT molecular complexity index is 417. The number of carbonyl (C=O) groups excluding carboxylic acids is 1. The van der Waals surface area contributed by atoms with E-state index in [4.69, 9.17) is 0 Å². The standard InChI is InChI=1S/C9H8BrN3O3/c10-8-3-1-7(2-4-8)5-11-12-9(14)6-13(15)16/h1-5H,6H2,(H,12,14)/b11-5+. The maximum atomic E-state index is 10.8. The van der Waals surface area contributed by atoms with Gasteiger partial charge in [-0.15, -0.1) is 0 Å². The number of carbonyl (C=O) groups is 1. The number of amides is 1. The fourth-order valence-corrected chi connectivity index (χ4v) is 1.14. The average Bonchev–Trinajstić information content (AvgIpc) is 2.20. The van der Waals surface area contributed by atoms with E-state index >= 15 is 0 Å². The molecule has 6 nitrogen and oxygen atoms in total. The summed E-state index contributed by atoms with van der Waals surface area (Å²) < 4.78 is 0.932. The van der Waals surface area contributed by atoms with E-state index in [1.54, 1.807) is 12.1 Å². The molecule has 1 amide bonds. The van der Waals surface area contributed by atoms with E-state index in [0.717, 1.165) is 10.0 Å². The van der Waals surface area contributed by atoms with E-state index in [9.17, 15) is 14.9 Å². The van der Waals surface area contributed by atoms with E-state index in [1.807, 2.05) is 12.1 Å². The van der Waals surface area contributed by atoms with Gasteiger partial charge in [-0.3, -0.25) is 14.9 Å². The van der Waals surface area contributed by atoms with Crippen molar-refractivity contribution in [1.82, 2.24) is 5.43 Å². The summed E-state index contributed by atoms with van der Waals surface area (Å²) in [6, 6.07) is 7.21. The van der Waals surface area contributed by atoms with Crippen molar-refractivity contribution in [3.05, 3.63) is 44.4 Å². The molecule has 84 valence electrons. The van der Waals surface area contributed by atoms with Gasteiger partial charge < -0.3 is 0 Å². The second-order valence-electron chi connectivity index (χ2n) is 2.84. The van der Waals surface area contributed by atoms with E-state index in [2.05, 4.69) is 26.5 Å². The van der Waals surface area contributed by atoms with Gasteiger partial charge in [-0.2, -0.15) is 5.10 Å². The van der Waals surface area contributed by atoms with Crippen LogP contribution in [0.2, 0.25) is 0 Å². The smallest absolute Gasteiger partial charge is 0.265 e. The van der Waals surface area contributed by atoms with Crippen LogP contribution in [0.3, 0.4) is 0 Å². The summed E-state index contributed by atoms with van der Waals surface area (Å²) in [6.45, 7) is -0.780. The van der Waals surface area contributed by atoms with Crippen LogP contribution in [0.4, 0.5) is 0 Å². The van der Waals surface area contributed by atoms with Gasteiger partial charge in [0.25, 0.3) is 6.54 Å². The maximum Gasteiger partial charge on any atom is 0.311 e. The highest BCUT2D eigenvalue weighted by atomic mass is 79.9. The summed E-state index contributed by atoms with van der Waals surface area (Å²) in [7, 11) is 0. The molecule has 0 spiro atoms. The highest BCUT2D eigenvalue weighted by molar-refractivity contribution is 9.10. The van der Waals surface area contributed by atoms with Crippen molar-refractivity contribution < 1.29 is 9.72 Å². The lowest BCUT2D eigenvalue weighted by molar-refractivity contribution is -0.467. The molecule has 0 unspecified atom stereocenters. The molecule has 1 N–H and O–H groups in total. The zero-order valence-corrected chi connectivity index (χ0v) is 9.68. The number of nitrogens with one attached hydrogen (secondary N) is 1. The van der Waals surface area contributed by atoms with Gasteiger partial charge in [-0.1, -0.05) is 28.1 Å². The van der Waals surface area contributed by atoms with Gasteiger partial charge in [0.05, 0.1) is 6.21 Å². The van der Waals surface area contributed by atoms with Crippen molar-refractivity contribution in [1.29, 1.82) is 0 Å². The third-order valence-electron chi connectivity index (χ3n) is 1.55. The van der Waals surface area contributed by atoms with Crippen molar-refractivity contribution in [2.24, 2.45) is 5.10 Å². The predicted molar refractivity (Wildman–Crippen MR) is 61.7 cm³/mol. The molecule has 16 heavy (non-hydrogen) atoms. The van der Waals surface area contributed by atoms with Gasteiger partial charge in [0.1, 0.15) is 0 Å². The Morgan fingerprint density at radius 3 is 2.69 bits per heavy atom. The lowest BCUT2D eigenvalue weighted by Crippen LogP contribution is -2.25. The van der Waals surface area contributed by atoms with Crippen molar-refractivity contribution in [3.8, 4) is 0 Å². The van der Waals surface area contributed by atoms with E-state index in [0.29, 0.717) is 0 Å². The lowest BCUT2D eigenvalue weighted by Gasteiger charge is -1.95. The fraction of sp³-hybridized carbons (Fsp3) is 0.111. The molecule has 0 bridgehead atoms. The van der Waals surface area contributed by atoms with Crippen LogP contribution < -0.4 is 5.43 Å². The first kappa shape index (κ1) is 12.3. The molecule has 0 fully saturated rings. The molecular formula is C9H8BrN3O3. The largest absolute Gasteiger partial charge is 0.311 e. The maximum absolute atomic E-state index is 10.8. The van der Waals surface area contributed by atoms with E-state index in [1.165, 1.54) is 6.21 Å². The number of benzene rings is 1. The van der Waals surface area contributed by atoms with Gasteiger partial charge in [0.15, 0.2) is 0 Å². The van der Waals surface area contributed by atoms with Gasteiger partial charge >= 0.3 is 5.91 Å². The number of nitro groups is 1. The zero-order valence-electron chi connectivity index (χ0n) is 8.09. The topological polar surface area (TPSA) is 84.6 Å². The molecule has 0 saturated carbocycles. The van der Waals surface area contributed by atoms with Crippen LogP contribution in [0, 0.1) is 10.1 Å². The molecule has 7 heteroatoms. The number of hydrazone groups is 1. The van der Waals surface area contributed by atoms with Gasteiger partial charge in [0.2, 0.25) is 0 Å². The Morgan fingerprint density at radius 1 is 1.50 bits per heavy atom. The highest BCUT2D eigenvalue weighted by Gasteiger charge is 2.06. The molecule has 0 aromatic heterocycles. The summed E-state index contributed by atoms with van der Waals surface area (Å²) in [5.74, 6) is -0.752. The quantitative estimate of drug-likeness (QED) is 0.512. The molecule has 1 rings (SSSR count). The predicted octanol–water partition coefficient (Wildman–Crippen LogP) is 1.18. The number of hydrogen-bond acceptors (Lipinski definition) is 4. The van der Waals surface area contributed by atoms with Crippen LogP contribution in [0.25, 0.3) is 0 Å². The van der Waals surface area contributed by atoms with Crippen molar-refractivity contribution in [2.45, 2.75) is 0 Å². The first-order valence-electron chi connectivity index (χ1n) is 4.27. The number of rotatable bonds is 4. The zero-order chi connectivity index (χ0) is 12.0. The first-order valence-corrected chi connectivity index (χ1v) is 5.06. The molecule has 0 atom stereocenters. The van der Waals surface area contributed by atoms with Crippen LogP contribution in [-0.4, -0.2) is 23.6 Å². The van der Waals surface area contributed by atoms with Crippen LogP contribution in [-0.2, 0) is 4.79 Å². The van der Waals surface area contributed by atoms with Crippen molar-refractivity contribution in [2.75, 3.05) is 6.54 Å². The molecular weight excluding hydrogens is 278 g/mol. The molecule has 0 aliphatic heterocycles. The Hall–Kier alpha value is -1.76. The third kappa shape index (κ3) is 4.65. The Morgan fingerprint density at radius 2 is 2.12 bits per heavy atom. The Labute approximate surface area is 99.6 Å². The molecule has 0 radical (unpaired) electrons. The summed E-state index contributed by atoms with van der Waals surface area (Å²) in [5, 5.41) is 13.5. The van der Waals surface area contributed by atoms with Gasteiger partial charge in [-0.25, -0.2) is 5.43 Å². The second kappa shape index (κ2) is 5.96. The second-order valence-corrected chi connectivity index (χ2v) is 3.75. The molecule has 0 heterocycles. The fourth-order valence-electron chi connectivity index (χ4n) is 0.880. The average molecular weight is 286 g/mol. The summed E-state index contributed by atoms with van der Waals surface area (Å²) in [5.41, 5.74) is 2.84. The number of hydrogen-bond donors (Lipinski definition) is 1. The minimum atomic E-state index is -0.780. The normalized spacial score (nSPS) is 10.3. The minimum absolute atomic E-state index is 0.718. The van der Waals surface area contributed by atoms with Crippen LogP contribution in [0.1, 0.15) is 5.56 Å². The lowest BCUT2D eigenvalue weighted by atomic mass is 10.2. The van der Waals surface area contributed by atoms with Crippen LogP contribution in [0.15, 0.2) is 33.8 Å². The molecule has 1 aromatic rings. The summed E-state index contributed by atoms with van der Waals surface area (Å²) >= 11 is 3.27. The molecule has 0 saturated heterocycles. The van der Waals surface area contributed by atoms with Crippen LogP contribution >= 0.6 is 15.9 Å².